The molecule has 0 saturated carbocycles. The molecule has 2 fully saturated rings. The summed E-state index contributed by atoms with van der Waals surface area (Å²) < 4.78 is 14.0. The summed E-state index contributed by atoms with van der Waals surface area (Å²) in [5, 5.41) is 17.5. The van der Waals surface area contributed by atoms with Gasteiger partial charge in [0.1, 0.15) is 0 Å². The number of anilines is 3. The molecular formula is C31H37N5O7Si. The van der Waals surface area contributed by atoms with Crippen LogP contribution < -0.4 is 9.80 Å². The number of amides is 2. The normalized spacial score (nSPS) is 26.3. The van der Waals surface area contributed by atoms with Crippen LogP contribution in [0.2, 0.25) is 18.6 Å². The summed E-state index contributed by atoms with van der Waals surface area (Å²) in [7, 11) is -2.91. The maximum atomic E-state index is 14.7. The molecule has 232 valence electrons. The topological polar surface area (TPSA) is 147 Å². The lowest BCUT2D eigenvalue weighted by Crippen LogP contribution is -2.55. The highest BCUT2D eigenvalue weighted by atomic mass is 28.4. The van der Waals surface area contributed by atoms with E-state index in [9.17, 15) is 24.3 Å². The number of rotatable bonds is 9. The lowest BCUT2D eigenvalue weighted by Gasteiger charge is -2.39. The van der Waals surface area contributed by atoms with E-state index in [4.69, 9.17) is 9.47 Å². The van der Waals surface area contributed by atoms with Crippen LogP contribution in [0.1, 0.15) is 37.9 Å². The number of aliphatic hydroxyl groups is 1. The van der Waals surface area contributed by atoms with Crippen molar-refractivity contribution in [3.8, 4) is 0 Å². The van der Waals surface area contributed by atoms with Crippen molar-refractivity contribution in [3.05, 3.63) is 66.0 Å². The van der Waals surface area contributed by atoms with E-state index in [1.165, 1.54) is 11.8 Å². The molecule has 4 heterocycles. The Morgan fingerprint density at radius 1 is 1.16 bits per heavy atom. The molecule has 2 aromatic carbocycles. The van der Waals surface area contributed by atoms with E-state index in [0.29, 0.717) is 47.7 Å². The number of hydrogen-bond acceptors (Lipinski definition) is 9. The van der Waals surface area contributed by atoms with Crippen molar-refractivity contribution in [2.24, 2.45) is 5.92 Å². The molecule has 3 aliphatic heterocycles. The monoisotopic (exact) mass is 619 g/mol. The third kappa shape index (κ3) is 4.93. The van der Waals surface area contributed by atoms with Crippen LogP contribution >= 0.6 is 0 Å². The van der Waals surface area contributed by atoms with Crippen molar-refractivity contribution in [1.29, 1.82) is 0 Å². The SMILES string of the molecule is CC(=O)OC1CC(=O)N1c1ccc2c(c1)[C@]1(O[C@@H](CCn3cc(CCO)nn3)[C@H]([Si](C)(C)O)[C@H]1C)C(=O)N2c1ccccc1. The van der Waals surface area contributed by atoms with Crippen molar-refractivity contribution >= 4 is 43.2 Å². The first-order valence-electron chi connectivity index (χ1n) is 14.9. The number of β-lactam (4-membered cyclic amide) rings is 1. The van der Waals surface area contributed by atoms with Crippen molar-refractivity contribution in [3.63, 3.8) is 0 Å². The molecular weight excluding hydrogens is 582 g/mol. The first-order chi connectivity index (χ1) is 21.0. The van der Waals surface area contributed by atoms with Crippen LogP contribution in [0.15, 0.2) is 54.7 Å². The molecule has 2 amide bonds. The number of para-hydroxylation sites is 1. The molecule has 3 aromatic rings. The first kappa shape index (κ1) is 30.1. The summed E-state index contributed by atoms with van der Waals surface area (Å²) in [6.07, 6.45) is 1.55. The van der Waals surface area contributed by atoms with Gasteiger partial charge in [0.05, 0.1) is 23.9 Å². The summed E-state index contributed by atoms with van der Waals surface area (Å²) in [6.45, 7) is 7.42. The van der Waals surface area contributed by atoms with E-state index >= 15 is 0 Å². The second kappa shape index (κ2) is 11.2. The molecule has 13 heteroatoms. The number of benzene rings is 2. The van der Waals surface area contributed by atoms with Gasteiger partial charge in [-0.15, -0.1) is 5.10 Å². The Kier molecular flexibility index (Phi) is 7.68. The number of nitrogens with zero attached hydrogens (tertiary/aromatic N) is 5. The minimum absolute atomic E-state index is 0.0249. The molecule has 1 spiro atoms. The average molecular weight is 620 g/mol. The van der Waals surface area contributed by atoms with Crippen LogP contribution in [0.5, 0.6) is 0 Å². The number of aliphatic hydroxyl groups excluding tert-OH is 1. The Morgan fingerprint density at radius 3 is 2.57 bits per heavy atom. The highest BCUT2D eigenvalue weighted by molar-refractivity contribution is 6.71. The van der Waals surface area contributed by atoms with Crippen LogP contribution in [-0.2, 0) is 42.4 Å². The largest absolute Gasteiger partial charge is 0.441 e. The first-order valence-corrected chi connectivity index (χ1v) is 17.9. The fourth-order valence-corrected chi connectivity index (χ4v) is 9.77. The molecule has 1 aromatic heterocycles. The zero-order chi connectivity index (χ0) is 31.4. The fourth-order valence-electron chi connectivity index (χ4n) is 7.16. The molecule has 12 nitrogen and oxygen atoms in total. The third-order valence-electron chi connectivity index (χ3n) is 8.97. The zero-order valence-electron chi connectivity index (χ0n) is 25.2. The standard InChI is InChI=1S/C31H37N5O7Si/c1-19-29(44(3,4)41)26(12-14-34-18-21(13-15-37)32-33-34)43-31(19)24-16-23(36-27(39)17-28(36)42-20(2)38)10-11-25(24)35(30(31)40)22-8-6-5-7-9-22/h5-11,16,18-19,26,28-29,37,41H,12-15,17H2,1-4H3/t19-,26+,28?,29-,31+/m1/s1. The van der Waals surface area contributed by atoms with Gasteiger partial charge < -0.3 is 19.4 Å². The molecule has 1 unspecified atom stereocenters. The van der Waals surface area contributed by atoms with Gasteiger partial charge in [-0.2, -0.15) is 0 Å². The fraction of sp³-hybridized carbons (Fsp3) is 0.452. The van der Waals surface area contributed by atoms with Gasteiger partial charge in [0, 0.05) is 61.1 Å². The Balaban J connectivity index is 1.42. The van der Waals surface area contributed by atoms with E-state index in [2.05, 4.69) is 10.3 Å². The minimum Gasteiger partial charge on any atom is -0.441 e. The predicted octanol–water partition coefficient (Wildman–Crippen LogP) is 3.01. The summed E-state index contributed by atoms with van der Waals surface area (Å²) in [4.78, 5) is 53.8. The number of aromatic nitrogens is 3. The van der Waals surface area contributed by atoms with Crippen LogP contribution in [0.3, 0.4) is 0 Å². The molecule has 6 rings (SSSR count). The van der Waals surface area contributed by atoms with Gasteiger partial charge >= 0.3 is 5.97 Å². The van der Waals surface area contributed by atoms with Crippen LogP contribution in [0.25, 0.3) is 0 Å². The maximum absolute atomic E-state index is 14.7. The van der Waals surface area contributed by atoms with Gasteiger partial charge in [0.15, 0.2) is 20.1 Å². The number of hydrogen-bond donors (Lipinski definition) is 2. The van der Waals surface area contributed by atoms with E-state index in [-0.39, 0.29) is 30.4 Å². The Bertz CT molecular complexity index is 1590. The molecule has 2 saturated heterocycles. The van der Waals surface area contributed by atoms with E-state index in [1.807, 2.05) is 50.3 Å². The lowest BCUT2D eigenvalue weighted by molar-refractivity contribution is -0.153. The average Bonchev–Trinajstić information content (AvgIpc) is 3.61. The number of carbonyl (C=O) groups is 3. The van der Waals surface area contributed by atoms with Gasteiger partial charge in [0.2, 0.25) is 5.91 Å². The molecule has 44 heavy (non-hydrogen) atoms. The van der Waals surface area contributed by atoms with E-state index < -0.39 is 38.1 Å². The van der Waals surface area contributed by atoms with Crippen LogP contribution in [0, 0.1) is 5.92 Å². The van der Waals surface area contributed by atoms with Crippen molar-refractivity contribution in [2.75, 3.05) is 16.4 Å². The van der Waals surface area contributed by atoms with Crippen molar-refractivity contribution < 1.29 is 33.8 Å². The van der Waals surface area contributed by atoms with Crippen LogP contribution in [-0.4, -0.2) is 69.9 Å². The second-order valence-corrected chi connectivity index (χ2v) is 16.3. The van der Waals surface area contributed by atoms with E-state index in [0.717, 1.165) is 0 Å². The quantitative estimate of drug-likeness (QED) is 0.210. The predicted molar refractivity (Wildman–Crippen MR) is 162 cm³/mol. The lowest BCUT2D eigenvalue weighted by atomic mass is 9.82. The Morgan fingerprint density at radius 2 is 1.91 bits per heavy atom. The molecule has 3 aliphatic rings. The van der Waals surface area contributed by atoms with Crippen molar-refractivity contribution in [2.45, 2.75) is 76.2 Å². The third-order valence-corrected chi connectivity index (χ3v) is 11.5. The molecule has 0 aliphatic carbocycles. The van der Waals surface area contributed by atoms with Crippen LogP contribution in [0.4, 0.5) is 17.1 Å². The smallest absolute Gasteiger partial charge is 0.304 e. The molecule has 2 N–H and O–H groups in total. The second-order valence-electron chi connectivity index (χ2n) is 12.3. The van der Waals surface area contributed by atoms with E-state index in [1.54, 1.807) is 34.0 Å². The minimum atomic E-state index is -2.91. The number of carbonyl (C=O) groups excluding carboxylic acids is 3. The summed E-state index contributed by atoms with van der Waals surface area (Å²) in [5.74, 6) is -1.35. The number of ether oxygens (including phenoxy) is 2. The summed E-state index contributed by atoms with van der Waals surface area (Å²) in [6, 6.07) is 14.7. The maximum Gasteiger partial charge on any atom is 0.304 e. The van der Waals surface area contributed by atoms with Gasteiger partial charge in [-0.1, -0.05) is 30.3 Å². The van der Waals surface area contributed by atoms with Crippen molar-refractivity contribution in [1.82, 2.24) is 15.0 Å². The Hall–Kier alpha value is -3.91. The highest BCUT2D eigenvalue weighted by Crippen LogP contribution is 2.61. The van der Waals surface area contributed by atoms with Gasteiger partial charge in [-0.05, 0) is 49.8 Å². The molecule has 0 bridgehead atoms. The number of aryl methyl sites for hydroxylation is 1. The zero-order valence-corrected chi connectivity index (χ0v) is 26.2. The Labute approximate surface area is 256 Å². The number of fused-ring (bicyclic) bond motifs is 2. The summed E-state index contributed by atoms with van der Waals surface area (Å²) in [5.41, 5.74) is 1.36. The van der Waals surface area contributed by atoms with Gasteiger partial charge in [-0.3, -0.25) is 28.9 Å². The number of esters is 1. The highest BCUT2D eigenvalue weighted by Gasteiger charge is 2.66. The molecule has 5 atom stereocenters. The molecule has 0 radical (unpaired) electrons. The summed E-state index contributed by atoms with van der Waals surface area (Å²) >= 11 is 0. The van der Waals surface area contributed by atoms with Gasteiger partial charge in [-0.25, -0.2) is 0 Å². The van der Waals surface area contributed by atoms with Gasteiger partial charge in [0.25, 0.3) is 5.91 Å².